The van der Waals surface area contributed by atoms with Gasteiger partial charge in [0.15, 0.2) is 0 Å². The molecule has 0 radical (unpaired) electrons. The normalized spacial score (nSPS) is 16.1. The zero-order chi connectivity index (χ0) is 9.99. The van der Waals surface area contributed by atoms with Crippen LogP contribution in [0.15, 0.2) is 0 Å². The largest absolute Gasteiger partial charge is 0.389 e. The maximum atomic E-state index is 10.6. The first kappa shape index (κ1) is 11.8. The zero-order valence-corrected chi connectivity index (χ0v) is 8.22. The molecular weight excluding hydrogens is 182 g/mol. The Bertz CT molecular complexity index is 228. The molecule has 3 N–H and O–H groups in total. The van der Waals surface area contributed by atoms with Crippen molar-refractivity contribution in [1.82, 2.24) is 4.72 Å². The Morgan fingerprint density at radius 1 is 1.50 bits per heavy atom. The van der Waals surface area contributed by atoms with Gasteiger partial charge in [-0.3, -0.25) is 0 Å². The minimum absolute atomic E-state index is 0.178. The Balaban J connectivity index is 3.97. The molecule has 0 fully saturated rings. The second-order valence-electron chi connectivity index (χ2n) is 3.29. The molecule has 0 aromatic heterocycles. The molecule has 12 heavy (non-hydrogen) atoms. The van der Waals surface area contributed by atoms with Crippen molar-refractivity contribution in [3.05, 3.63) is 0 Å². The van der Waals surface area contributed by atoms with Crippen LogP contribution in [0.25, 0.3) is 0 Å². The summed E-state index contributed by atoms with van der Waals surface area (Å²) in [4.78, 5) is 0. The van der Waals surface area contributed by atoms with Crippen LogP contribution in [-0.2, 0) is 10.0 Å². The van der Waals surface area contributed by atoms with Gasteiger partial charge >= 0.3 is 0 Å². The number of hydrogen-bond donors (Lipinski definition) is 3. The lowest BCUT2D eigenvalue weighted by Crippen LogP contribution is -2.44. The molecule has 0 saturated carbocycles. The van der Waals surface area contributed by atoms with E-state index in [9.17, 15) is 18.6 Å². The molecule has 0 aliphatic carbocycles. The lowest BCUT2D eigenvalue weighted by atomic mass is 10.0. The Labute approximate surface area is 72.5 Å². The van der Waals surface area contributed by atoms with E-state index in [0.29, 0.717) is 0 Å². The molecule has 0 aliphatic heterocycles. The molecule has 0 rings (SSSR count). The number of nitrogens with one attached hydrogen (secondary N) is 1. The van der Waals surface area contributed by atoms with Gasteiger partial charge in [-0.25, -0.2) is 13.1 Å². The number of rotatable bonds is 4. The molecule has 1 atom stereocenters. The van der Waals surface area contributed by atoms with Crippen molar-refractivity contribution >= 4 is 10.0 Å². The summed E-state index contributed by atoms with van der Waals surface area (Å²) in [5.41, 5.74) is -1.29. The van der Waals surface area contributed by atoms with Crippen LogP contribution < -0.4 is 4.72 Å². The van der Waals surface area contributed by atoms with Gasteiger partial charge in [0.05, 0.1) is 18.0 Å². The fraction of sp³-hybridized carbons (Fsp3) is 1.00. The highest BCUT2D eigenvalue weighted by Gasteiger charge is 2.24. The molecule has 74 valence electrons. The molecule has 0 aromatic rings. The predicted molar refractivity (Wildman–Crippen MR) is 45.2 cm³/mol. The van der Waals surface area contributed by atoms with Gasteiger partial charge in [0.1, 0.15) is 0 Å². The van der Waals surface area contributed by atoms with Crippen molar-refractivity contribution in [3.63, 3.8) is 0 Å². The fourth-order valence-electron chi connectivity index (χ4n) is 0.480. The van der Waals surface area contributed by atoms with Crippen LogP contribution in [0.2, 0.25) is 0 Å². The molecule has 5 nitrogen and oxygen atoms in total. The minimum Gasteiger partial charge on any atom is -0.389 e. The van der Waals surface area contributed by atoms with Crippen molar-refractivity contribution in [1.29, 1.82) is 0 Å². The molecule has 0 heterocycles. The van der Waals surface area contributed by atoms with E-state index >= 15 is 0 Å². The van der Waals surface area contributed by atoms with Crippen LogP contribution in [0.1, 0.15) is 13.8 Å². The van der Waals surface area contributed by atoms with Crippen molar-refractivity contribution in [3.8, 4) is 0 Å². The van der Waals surface area contributed by atoms with E-state index in [2.05, 4.69) is 4.72 Å². The Kier molecular flexibility index (Phi) is 3.64. The first-order chi connectivity index (χ1) is 5.13. The van der Waals surface area contributed by atoms with Gasteiger partial charge in [0, 0.05) is 6.54 Å². The standard InChI is InChI=1S/C6H15NO4S/c1-6(2,9)5(8)4-7-12(3,10)11/h5,7-9H,4H2,1-3H3. The molecule has 0 saturated heterocycles. The van der Waals surface area contributed by atoms with Crippen LogP contribution >= 0.6 is 0 Å². The van der Waals surface area contributed by atoms with E-state index in [1.54, 1.807) is 0 Å². The van der Waals surface area contributed by atoms with E-state index in [4.69, 9.17) is 0 Å². The predicted octanol–water partition coefficient (Wildman–Crippen LogP) is -1.33. The van der Waals surface area contributed by atoms with Crippen LogP contribution in [0.3, 0.4) is 0 Å². The van der Waals surface area contributed by atoms with Gasteiger partial charge < -0.3 is 10.2 Å². The summed E-state index contributed by atoms with van der Waals surface area (Å²) in [6.07, 6.45) is -0.114. The molecule has 1 unspecified atom stereocenters. The first-order valence-electron chi connectivity index (χ1n) is 3.48. The van der Waals surface area contributed by atoms with Gasteiger partial charge in [-0.05, 0) is 13.8 Å². The molecule has 0 aromatic carbocycles. The van der Waals surface area contributed by atoms with E-state index in [0.717, 1.165) is 6.26 Å². The van der Waals surface area contributed by atoms with Crippen LogP contribution in [0, 0.1) is 0 Å². The van der Waals surface area contributed by atoms with Crippen molar-refractivity contribution in [2.45, 2.75) is 25.6 Å². The molecule has 0 spiro atoms. The zero-order valence-electron chi connectivity index (χ0n) is 7.40. The average molecular weight is 197 g/mol. The van der Waals surface area contributed by atoms with E-state index < -0.39 is 21.7 Å². The SMILES string of the molecule is CC(C)(O)C(O)CNS(C)(=O)=O. The summed E-state index contributed by atoms with van der Waals surface area (Å²) in [6.45, 7) is 2.63. The van der Waals surface area contributed by atoms with E-state index in [1.165, 1.54) is 13.8 Å². The average Bonchev–Trinajstić information content (AvgIpc) is 1.78. The van der Waals surface area contributed by atoms with Crippen LogP contribution in [0.4, 0.5) is 0 Å². The summed E-state index contributed by atoms with van der Waals surface area (Å²) in [6, 6.07) is 0. The number of hydrogen-bond acceptors (Lipinski definition) is 4. The van der Waals surface area contributed by atoms with Crippen LogP contribution in [0.5, 0.6) is 0 Å². The van der Waals surface area contributed by atoms with Crippen molar-refractivity contribution < 1.29 is 18.6 Å². The minimum atomic E-state index is -3.30. The van der Waals surface area contributed by atoms with Gasteiger partial charge in [-0.15, -0.1) is 0 Å². The number of sulfonamides is 1. The van der Waals surface area contributed by atoms with Gasteiger partial charge in [-0.1, -0.05) is 0 Å². The monoisotopic (exact) mass is 197 g/mol. The maximum Gasteiger partial charge on any atom is 0.208 e. The second-order valence-corrected chi connectivity index (χ2v) is 5.12. The maximum absolute atomic E-state index is 10.6. The topological polar surface area (TPSA) is 86.6 Å². The highest BCUT2D eigenvalue weighted by molar-refractivity contribution is 7.88. The summed E-state index contributed by atoms with van der Waals surface area (Å²) in [5, 5.41) is 18.4. The van der Waals surface area contributed by atoms with E-state index in [-0.39, 0.29) is 6.54 Å². The molecular formula is C6H15NO4S. The fourth-order valence-corrected chi connectivity index (χ4v) is 0.941. The van der Waals surface area contributed by atoms with Crippen LogP contribution in [-0.4, -0.2) is 43.1 Å². The smallest absolute Gasteiger partial charge is 0.208 e. The Morgan fingerprint density at radius 2 is 1.92 bits per heavy atom. The lowest BCUT2D eigenvalue weighted by Gasteiger charge is -2.24. The second kappa shape index (κ2) is 3.69. The summed E-state index contributed by atoms with van der Waals surface area (Å²) < 4.78 is 23.2. The summed E-state index contributed by atoms with van der Waals surface area (Å²) in [7, 11) is -3.30. The van der Waals surface area contributed by atoms with Gasteiger partial charge in [0.25, 0.3) is 0 Å². The highest BCUT2D eigenvalue weighted by atomic mass is 32.2. The molecule has 0 aliphatic rings. The Hall–Kier alpha value is -0.170. The molecule has 6 heteroatoms. The number of aliphatic hydroxyl groups is 2. The third kappa shape index (κ3) is 5.48. The first-order valence-corrected chi connectivity index (χ1v) is 5.37. The quantitative estimate of drug-likeness (QED) is 0.521. The third-order valence-corrected chi connectivity index (χ3v) is 2.05. The van der Waals surface area contributed by atoms with Gasteiger partial charge in [-0.2, -0.15) is 0 Å². The van der Waals surface area contributed by atoms with E-state index in [1.807, 2.05) is 0 Å². The Morgan fingerprint density at radius 3 is 2.17 bits per heavy atom. The third-order valence-electron chi connectivity index (χ3n) is 1.35. The summed E-state index contributed by atoms with van der Waals surface area (Å²) >= 11 is 0. The van der Waals surface area contributed by atoms with Crippen molar-refractivity contribution in [2.75, 3.05) is 12.8 Å². The number of aliphatic hydroxyl groups excluding tert-OH is 1. The van der Waals surface area contributed by atoms with Gasteiger partial charge in [0.2, 0.25) is 10.0 Å². The van der Waals surface area contributed by atoms with Crippen molar-refractivity contribution in [2.24, 2.45) is 0 Å². The molecule has 0 amide bonds. The highest BCUT2D eigenvalue weighted by Crippen LogP contribution is 2.06. The summed E-state index contributed by atoms with van der Waals surface area (Å²) in [5.74, 6) is 0. The molecule has 0 bridgehead atoms. The lowest BCUT2D eigenvalue weighted by molar-refractivity contribution is -0.0439.